The summed E-state index contributed by atoms with van der Waals surface area (Å²) < 4.78 is 39.4. The second-order valence-electron chi connectivity index (χ2n) is 8.92. The topological polar surface area (TPSA) is 106 Å². The summed E-state index contributed by atoms with van der Waals surface area (Å²) in [6.07, 6.45) is 6.07. The molecule has 5 heterocycles. The van der Waals surface area contributed by atoms with E-state index in [0.29, 0.717) is 28.4 Å². The highest BCUT2D eigenvalue weighted by molar-refractivity contribution is 7.90. The lowest BCUT2D eigenvalue weighted by atomic mass is 10.0. The number of aromatic nitrogens is 6. The average Bonchev–Trinajstić information content (AvgIpc) is 3.56. The van der Waals surface area contributed by atoms with Crippen LogP contribution in [-0.2, 0) is 9.84 Å². The standard InChI is InChI=1S/C26H22FN7O2S/c1-37(35,36)26-28-13-12-20(31-26)19-7-3-8-21(30-19)23-16-29-24-10-11-25(32-34(23)24)33-14-4-9-22(33)17-5-2-6-18(27)15-17/h2-3,5-8,10-13,15-16,22H,4,9,14H2,1H3. The zero-order valence-corrected chi connectivity index (χ0v) is 20.7. The van der Waals surface area contributed by atoms with E-state index in [4.69, 9.17) is 10.1 Å². The number of halogens is 1. The highest BCUT2D eigenvalue weighted by Crippen LogP contribution is 2.35. The van der Waals surface area contributed by atoms with Crippen LogP contribution in [0, 0.1) is 5.82 Å². The third kappa shape index (κ3) is 4.42. The van der Waals surface area contributed by atoms with E-state index in [-0.39, 0.29) is 17.0 Å². The summed E-state index contributed by atoms with van der Waals surface area (Å²) in [4.78, 5) is 19.4. The maximum Gasteiger partial charge on any atom is 0.247 e. The predicted molar refractivity (Wildman–Crippen MR) is 136 cm³/mol. The highest BCUT2D eigenvalue weighted by atomic mass is 32.2. The summed E-state index contributed by atoms with van der Waals surface area (Å²) in [6.45, 7) is 0.813. The molecule has 1 unspecified atom stereocenters. The number of anilines is 1. The van der Waals surface area contributed by atoms with Crippen molar-refractivity contribution in [1.82, 2.24) is 29.5 Å². The predicted octanol–water partition coefficient (Wildman–Crippen LogP) is 4.13. The first-order valence-corrected chi connectivity index (χ1v) is 13.6. The quantitative estimate of drug-likeness (QED) is 0.322. The molecule has 0 spiro atoms. The van der Waals surface area contributed by atoms with Gasteiger partial charge in [-0.1, -0.05) is 18.2 Å². The molecule has 1 aromatic carbocycles. The van der Waals surface area contributed by atoms with Gasteiger partial charge in [0, 0.05) is 19.0 Å². The Morgan fingerprint density at radius 2 is 1.76 bits per heavy atom. The molecule has 1 saturated heterocycles. The first-order chi connectivity index (χ1) is 17.9. The van der Waals surface area contributed by atoms with Gasteiger partial charge in [0.2, 0.25) is 15.0 Å². The Balaban J connectivity index is 1.38. The fourth-order valence-corrected chi connectivity index (χ4v) is 5.19. The lowest BCUT2D eigenvalue weighted by molar-refractivity contribution is 0.593. The number of fused-ring (bicyclic) bond motifs is 1. The van der Waals surface area contributed by atoms with Crippen molar-refractivity contribution >= 4 is 21.3 Å². The van der Waals surface area contributed by atoms with Crippen LogP contribution in [-0.4, -0.2) is 50.8 Å². The normalized spacial score (nSPS) is 15.9. The van der Waals surface area contributed by atoms with Crippen molar-refractivity contribution < 1.29 is 12.8 Å². The molecular formula is C26H22FN7O2S. The molecule has 1 aliphatic heterocycles. The maximum atomic E-state index is 13.9. The number of nitrogens with zero attached hydrogens (tertiary/aromatic N) is 7. The number of hydrogen-bond donors (Lipinski definition) is 0. The number of rotatable bonds is 5. The van der Waals surface area contributed by atoms with Crippen LogP contribution >= 0.6 is 0 Å². The maximum absolute atomic E-state index is 13.9. The van der Waals surface area contributed by atoms with E-state index in [1.54, 1.807) is 35.0 Å². The second kappa shape index (κ2) is 9.00. The Morgan fingerprint density at radius 3 is 2.59 bits per heavy atom. The van der Waals surface area contributed by atoms with Gasteiger partial charge in [-0.25, -0.2) is 37.3 Å². The van der Waals surface area contributed by atoms with Crippen LogP contribution in [0.1, 0.15) is 24.4 Å². The Kier molecular flexibility index (Phi) is 5.64. The number of imidazole rings is 1. The molecule has 11 heteroatoms. The first kappa shape index (κ1) is 23.2. The molecule has 6 rings (SSSR count). The molecule has 5 aromatic rings. The minimum absolute atomic E-state index is 0.0379. The van der Waals surface area contributed by atoms with Gasteiger partial charge in [0.1, 0.15) is 17.3 Å². The van der Waals surface area contributed by atoms with Gasteiger partial charge in [-0.05, 0) is 60.9 Å². The first-order valence-electron chi connectivity index (χ1n) is 11.7. The summed E-state index contributed by atoms with van der Waals surface area (Å²) in [5.41, 5.74) is 3.78. The minimum atomic E-state index is -3.56. The van der Waals surface area contributed by atoms with E-state index in [2.05, 4.69) is 19.9 Å². The Hall–Kier alpha value is -4.25. The van der Waals surface area contributed by atoms with E-state index in [1.165, 1.54) is 12.3 Å². The lowest BCUT2D eigenvalue weighted by Gasteiger charge is -2.26. The molecule has 4 aromatic heterocycles. The average molecular weight is 516 g/mol. The molecule has 1 fully saturated rings. The largest absolute Gasteiger partial charge is 0.348 e. The van der Waals surface area contributed by atoms with Gasteiger partial charge in [0.05, 0.1) is 29.3 Å². The van der Waals surface area contributed by atoms with E-state index >= 15 is 0 Å². The summed E-state index contributed by atoms with van der Waals surface area (Å²) in [6, 6.07) is 17.6. The summed E-state index contributed by atoms with van der Waals surface area (Å²) in [7, 11) is -3.56. The van der Waals surface area contributed by atoms with Crippen molar-refractivity contribution in [1.29, 1.82) is 0 Å². The van der Waals surface area contributed by atoms with Crippen molar-refractivity contribution in [2.75, 3.05) is 17.7 Å². The highest BCUT2D eigenvalue weighted by Gasteiger charge is 2.28. The Bertz CT molecular complexity index is 1740. The van der Waals surface area contributed by atoms with E-state index < -0.39 is 9.84 Å². The molecular weight excluding hydrogens is 493 g/mol. The lowest BCUT2D eigenvalue weighted by Crippen LogP contribution is -2.24. The second-order valence-corrected chi connectivity index (χ2v) is 10.8. The molecule has 1 aliphatic rings. The van der Waals surface area contributed by atoms with Gasteiger partial charge < -0.3 is 4.90 Å². The smallest absolute Gasteiger partial charge is 0.247 e. The van der Waals surface area contributed by atoms with Crippen molar-refractivity contribution in [3.8, 4) is 22.8 Å². The molecule has 37 heavy (non-hydrogen) atoms. The molecule has 0 aliphatic carbocycles. The van der Waals surface area contributed by atoms with Crippen LogP contribution in [0.4, 0.5) is 10.2 Å². The monoisotopic (exact) mass is 515 g/mol. The van der Waals surface area contributed by atoms with Crippen molar-refractivity contribution in [3.05, 3.63) is 84.4 Å². The van der Waals surface area contributed by atoms with Crippen molar-refractivity contribution in [2.45, 2.75) is 24.0 Å². The van der Waals surface area contributed by atoms with Gasteiger partial charge >= 0.3 is 0 Å². The van der Waals surface area contributed by atoms with E-state index in [0.717, 1.165) is 37.0 Å². The third-order valence-electron chi connectivity index (χ3n) is 6.37. The number of pyridine rings is 1. The van der Waals surface area contributed by atoms with Crippen LogP contribution < -0.4 is 4.90 Å². The fraction of sp³-hybridized carbons (Fsp3) is 0.192. The molecule has 0 N–H and O–H groups in total. The Morgan fingerprint density at radius 1 is 0.946 bits per heavy atom. The Labute approximate surface area is 212 Å². The van der Waals surface area contributed by atoms with Crippen LogP contribution in [0.25, 0.3) is 28.4 Å². The van der Waals surface area contributed by atoms with Crippen molar-refractivity contribution in [2.24, 2.45) is 0 Å². The van der Waals surface area contributed by atoms with Gasteiger partial charge in [0.25, 0.3) is 0 Å². The van der Waals surface area contributed by atoms with Gasteiger partial charge in [0.15, 0.2) is 5.65 Å². The number of benzene rings is 1. The van der Waals surface area contributed by atoms with E-state index in [9.17, 15) is 12.8 Å². The molecule has 0 saturated carbocycles. The minimum Gasteiger partial charge on any atom is -0.348 e. The number of sulfone groups is 1. The molecule has 0 radical (unpaired) electrons. The molecule has 186 valence electrons. The summed E-state index contributed by atoms with van der Waals surface area (Å²) in [5.74, 6) is 0.520. The summed E-state index contributed by atoms with van der Waals surface area (Å²) >= 11 is 0. The third-order valence-corrected chi connectivity index (χ3v) is 7.23. The molecule has 0 bridgehead atoms. The van der Waals surface area contributed by atoms with Gasteiger partial charge in [-0.2, -0.15) is 0 Å². The number of hydrogen-bond acceptors (Lipinski definition) is 8. The molecule has 1 atom stereocenters. The van der Waals surface area contributed by atoms with E-state index in [1.807, 2.05) is 30.3 Å². The van der Waals surface area contributed by atoms with Crippen LogP contribution in [0.15, 0.2) is 78.2 Å². The van der Waals surface area contributed by atoms with Crippen LogP contribution in [0.3, 0.4) is 0 Å². The van der Waals surface area contributed by atoms with Gasteiger partial charge in [-0.15, -0.1) is 5.10 Å². The van der Waals surface area contributed by atoms with Gasteiger partial charge in [-0.3, -0.25) is 0 Å². The molecule has 9 nitrogen and oxygen atoms in total. The van der Waals surface area contributed by atoms with Crippen LogP contribution in [0.2, 0.25) is 0 Å². The fourth-order valence-electron chi connectivity index (χ4n) is 4.67. The van der Waals surface area contributed by atoms with Crippen LogP contribution in [0.5, 0.6) is 0 Å². The SMILES string of the molecule is CS(=O)(=O)c1nccc(-c2cccc(-c3cnc4ccc(N5CCCC5c5cccc(F)c5)nn34)n2)n1. The zero-order chi connectivity index (χ0) is 25.6. The zero-order valence-electron chi connectivity index (χ0n) is 19.9. The summed E-state index contributed by atoms with van der Waals surface area (Å²) in [5, 5.41) is 4.63. The molecule has 0 amide bonds. The van der Waals surface area contributed by atoms with Crippen molar-refractivity contribution in [3.63, 3.8) is 0 Å².